The smallest absolute Gasteiger partial charge is 0.310 e. The predicted octanol–water partition coefficient (Wildman–Crippen LogP) is 1.93. The number of nitrogens with one attached hydrogen (secondary N) is 1. The molecule has 1 amide bonds. The van der Waals surface area contributed by atoms with E-state index in [9.17, 15) is 18.0 Å². The Labute approximate surface area is 170 Å². The van der Waals surface area contributed by atoms with E-state index in [1.165, 1.54) is 23.4 Å². The summed E-state index contributed by atoms with van der Waals surface area (Å²) in [7, 11) is -3.66. The molecule has 0 aromatic heterocycles. The highest BCUT2D eigenvalue weighted by atomic mass is 32.2. The van der Waals surface area contributed by atoms with Gasteiger partial charge in [-0.25, -0.2) is 8.42 Å². The molecule has 1 aliphatic carbocycles. The van der Waals surface area contributed by atoms with Crippen LogP contribution in [-0.4, -0.2) is 57.0 Å². The predicted molar refractivity (Wildman–Crippen MR) is 107 cm³/mol. The van der Waals surface area contributed by atoms with Gasteiger partial charge in [0.05, 0.1) is 24.0 Å². The first kappa shape index (κ1) is 21.5. The third kappa shape index (κ3) is 5.43. The lowest BCUT2D eigenvalue weighted by atomic mass is 9.95. The van der Waals surface area contributed by atoms with Crippen LogP contribution in [0.5, 0.6) is 0 Å². The van der Waals surface area contributed by atoms with Crippen molar-refractivity contribution in [2.24, 2.45) is 5.92 Å². The van der Waals surface area contributed by atoms with Crippen LogP contribution in [0.25, 0.3) is 0 Å². The minimum Gasteiger partial charge on any atom is -0.452 e. The summed E-state index contributed by atoms with van der Waals surface area (Å²) in [6.07, 6.45) is 5.15. The second kappa shape index (κ2) is 9.51. The van der Waals surface area contributed by atoms with Gasteiger partial charge >= 0.3 is 5.97 Å². The van der Waals surface area contributed by atoms with Crippen molar-refractivity contribution in [2.45, 2.75) is 37.2 Å². The molecule has 29 heavy (non-hydrogen) atoms. The lowest BCUT2D eigenvalue weighted by Crippen LogP contribution is -2.40. The molecule has 1 aliphatic heterocycles. The second-order valence-electron chi connectivity index (χ2n) is 7.09. The average molecular weight is 423 g/mol. The van der Waals surface area contributed by atoms with E-state index in [-0.39, 0.29) is 16.8 Å². The third-order valence-electron chi connectivity index (χ3n) is 4.97. The van der Waals surface area contributed by atoms with Gasteiger partial charge in [0.25, 0.3) is 5.91 Å². The van der Waals surface area contributed by atoms with Gasteiger partial charge in [0.15, 0.2) is 6.10 Å². The number of esters is 1. The van der Waals surface area contributed by atoms with Crippen molar-refractivity contribution in [3.8, 4) is 0 Å². The highest BCUT2D eigenvalue weighted by Gasteiger charge is 2.27. The summed E-state index contributed by atoms with van der Waals surface area (Å²) in [5.41, 5.74) is 0.327. The zero-order valence-electron chi connectivity index (χ0n) is 16.4. The summed E-state index contributed by atoms with van der Waals surface area (Å²) in [4.78, 5) is 24.7. The van der Waals surface area contributed by atoms with Gasteiger partial charge in [-0.1, -0.05) is 18.2 Å². The molecule has 1 fully saturated rings. The molecular weight excluding hydrogens is 396 g/mol. The lowest BCUT2D eigenvalue weighted by Gasteiger charge is -2.26. The van der Waals surface area contributed by atoms with Crippen LogP contribution in [0.15, 0.2) is 41.3 Å². The number of rotatable bonds is 6. The molecule has 1 N–H and O–H groups in total. The molecule has 0 spiro atoms. The molecule has 1 saturated heterocycles. The highest BCUT2D eigenvalue weighted by Crippen LogP contribution is 2.22. The molecule has 0 unspecified atom stereocenters. The summed E-state index contributed by atoms with van der Waals surface area (Å²) in [6.45, 7) is 2.80. The summed E-state index contributed by atoms with van der Waals surface area (Å²) < 4.78 is 37.4. The minimum atomic E-state index is -3.66. The molecule has 0 saturated carbocycles. The van der Waals surface area contributed by atoms with Crippen molar-refractivity contribution in [3.05, 3.63) is 36.4 Å². The quantitative estimate of drug-likeness (QED) is 0.555. The maximum absolute atomic E-state index is 12.8. The van der Waals surface area contributed by atoms with E-state index in [0.717, 1.165) is 6.42 Å². The first-order valence-corrected chi connectivity index (χ1v) is 11.2. The van der Waals surface area contributed by atoms with E-state index < -0.39 is 22.0 Å². The van der Waals surface area contributed by atoms with Gasteiger partial charge in [0.2, 0.25) is 10.0 Å². The van der Waals surface area contributed by atoms with Crippen LogP contribution in [0.2, 0.25) is 0 Å². The molecule has 0 bridgehead atoms. The Balaban J connectivity index is 1.62. The molecule has 8 nitrogen and oxygen atoms in total. The summed E-state index contributed by atoms with van der Waals surface area (Å²) in [6, 6.07) is 6.05. The first-order chi connectivity index (χ1) is 13.9. The molecule has 0 radical (unpaired) electrons. The molecule has 9 heteroatoms. The fraction of sp³-hybridized carbons (Fsp3) is 0.500. The van der Waals surface area contributed by atoms with Crippen molar-refractivity contribution >= 4 is 27.6 Å². The van der Waals surface area contributed by atoms with Gasteiger partial charge in [0.1, 0.15) is 0 Å². The fourth-order valence-corrected chi connectivity index (χ4v) is 4.70. The highest BCUT2D eigenvalue weighted by molar-refractivity contribution is 7.89. The molecule has 2 atom stereocenters. The maximum atomic E-state index is 12.8. The van der Waals surface area contributed by atoms with E-state index in [1.807, 2.05) is 12.2 Å². The minimum absolute atomic E-state index is 0.0934. The zero-order valence-corrected chi connectivity index (χ0v) is 17.2. The number of anilines is 1. The number of hydrogen-bond donors (Lipinski definition) is 1. The maximum Gasteiger partial charge on any atom is 0.310 e. The molecule has 1 aromatic carbocycles. The monoisotopic (exact) mass is 422 g/mol. The zero-order chi connectivity index (χ0) is 20.9. The van der Waals surface area contributed by atoms with Gasteiger partial charge in [-0.2, -0.15) is 4.31 Å². The second-order valence-corrected chi connectivity index (χ2v) is 9.03. The number of benzene rings is 1. The van der Waals surface area contributed by atoms with Gasteiger partial charge in [0, 0.05) is 18.8 Å². The van der Waals surface area contributed by atoms with Crippen molar-refractivity contribution < 1.29 is 27.5 Å². The van der Waals surface area contributed by atoms with Crippen molar-refractivity contribution in [1.82, 2.24) is 4.31 Å². The number of carbonyl (C=O) groups excluding carboxylic acids is 2. The summed E-state index contributed by atoms with van der Waals surface area (Å²) >= 11 is 0. The van der Waals surface area contributed by atoms with Crippen LogP contribution in [0.3, 0.4) is 0 Å². The van der Waals surface area contributed by atoms with Gasteiger partial charge < -0.3 is 14.8 Å². The van der Waals surface area contributed by atoms with E-state index in [0.29, 0.717) is 44.8 Å². The molecule has 158 valence electrons. The van der Waals surface area contributed by atoms with Gasteiger partial charge in [-0.05, 0) is 44.4 Å². The van der Waals surface area contributed by atoms with Crippen LogP contribution in [0, 0.1) is 5.92 Å². The van der Waals surface area contributed by atoms with Crippen LogP contribution < -0.4 is 5.32 Å². The number of carbonyl (C=O) groups is 2. The first-order valence-electron chi connectivity index (χ1n) is 9.72. The lowest BCUT2D eigenvalue weighted by molar-refractivity contribution is -0.157. The summed E-state index contributed by atoms with van der Waals surface area (Å²) in [5, 5.41) is 2.63. The van der Waals surface area contributed by atoms with Crippen LogP contribution in [0.1, 0.15) is 26.2 Å². The Hall–Kier alpha value is -2.23. The van der Waals surface area contributed by atoms with E-state index >= 15 is 0 Å². The van der Waals surface area contributed by atoms with E-state index in [2.05, 4.69) is 5.32 Å². The number of hydrogen-bond acceptors (Lipinski definition) is 6. The van der Waals surface area contributed by atoms with E-state index in [4.69, 9.17) is 9.47 Å². The van der Waals surface area contributed by atoms with Crippen LogP contribution in [0.4, 0.5) is 5.69 Å². The standard InChI is InChI=1S/C20H26N2O6S/c1-15(28-20(24)16-6-3-2-4-7-16)19(23)21-17-8-5-9-18(14-17)29(25,26)22-10-12-27-13-11-22/h2-3,5,8-9,14-16H,4,6-7,10-13H2,1H3,(H,21,23)/t15-,16-/m0/s1. The van der Waals surface area contributed by atoms with Crippen LogP contribution >= 0.6 is 0 Å². The van der Waals surface area contributed by atoms with E-state index in [1.54, 1.807) is 12.1 Å². The molecule has 1 heterocycles. The Kier molecular flexibility index (Phi) is 7.05. The Bertz CT molecular complexity index is 877. The SMILES string of the molecule is C[C@H](OC(=O)[C@H]1CC=CCC1)C(=O)Nc1cccc(S(=O)(=O)N2CCOCC2)c1. The van der Waals surface area contributed by atoms with Crippen molar-refractivity contribution in [2.75, 3.05) is 31.6 Å². The molecular formula is C20H26N2O6S. The number of morpholine rings is 1. The third-order valence-corrected chi connectivity index (χ3v) is 6.87. The Morgan fingerprint density at radius 3 is 2.69 bits per heavy atom. The molecule has 2 aliphatic rings. The molecule has 3 rings (SSSR count). The number of allylic oxidation sites excluding steroid dienone is 2. The number of sulfonamides is 1. The van der Waals surface area contributed by atoms with Gasteiger partial charge in [-0.15, -0.1) is 0 Å². The van der Waals surface area contributed by atoms with Crippen molar-refractivity contribution in [3.63, 3.8) is 0 Å². The number of amides is 1. The fourth-order valence-electron chi connectivity index (χ4n) is 3.25. The molecule has 1 aromatic rings. The topological polar surface area (TPSA) is 102 Å². The van der Waals surface area contributed by atoms with Crippen molar-refractivity contribution in [1.29, 1.82) is 0 Å². The Morgan fingerprint density at radius 1 is 1.24 bits per heavy atom. The van der Waals surface area contributed by atoms with Crippen LogP contribution in [-0.2, 0) is 29.1 Å². The number of nitrogens with zero attached hydrogens (tertiary/aromatic N) is 1. The average Bonchev–Trinajstić information content (AvgIpc) is 2.75. The normalized spacial score (nSPS) is 21.3. The Morgan fingerprint density at radius 2 is 2.00 bits per heavy atom. The number of ether oxygens (including phenoxy) is 2. The van der Waals surface area contributed by atoms with Gasteiger partial charge in [-0.3, -0.25) is 9.59 Å². The summed E-state index contributed by atoms with van der Waals surface area (Å²) in [5.74, 6) is -1.12. The largest absolute Gasteiger partial charge is 0.452 e.